The lowest BCUT2D eigenvalue weighted by atomic mass is 10.0. The predicted molar refractivity (Wildman–Crippen MR) is 76.4 cm³/mol. The van der Waals surface area contributed by atoms with Gasteiger partial charge in [-0.15, -0.1) is 0 Å². The highest BCUT2D eigenvalue weighted by Gasteiger charge is 2.17. The van der Waals surface area contributed by atoms with Crippen molar-refractivity contribution in [3.63, 3.8) is 0 Å². The molecule has 2 aromatic rings. The average molecular weight is 259 g/mol. The summed E-state index contributed by atoms with van der Waals surface area (Å²) in [5.41, 5.74) is 3.67. The fraction of sp³-hybridized carbons (Fsp3) is 0.375. The van der Waals surface area contributed by atoms with Gasteiger partial charge in [-0.3, -0.25) is 0 Å². The third kappa shape index (κ3) is 3.25. The Balaban J connectivity index is 2.18. The van der Waals surface area contributed by atoms with Crippen molar-refractivity contribution in [1.29, 1.82) is 0 Å². The molecular formula is C16H21NO2. The Hall–Kier alpha value is -1.58. The van der Waals surface area contributed by atoms with Gasteiger partial charge in [-0.25, -0.2) is 0 Å². The van der Waals surface area contributed by atoms with Crippen LogP contribution in [0.5, 0.6) is 0 Å². The van der Waals surface area contributed by atoms with Gasteiger partial charge in [-0.05, 0) is 43.1 Å². The van der Waals surface area contributed by atoms with E-state index in [0.717, 1.165) is 18.8 Å². The first-order chi connectivity index (χ1) is 9.26. The molecule has 0 aliphatic carbocycles. The van der Waals surface area contributed by atoms with E-state index in [1.807, 2.05) is 13.1 Å². The van der Waals surface area contributed by atoms with Gasteiger partial charge in [0.1, 0.15) is 5.76 Å². The molecule has 0 amide bonds. The highest BCUT2D eigenvalue weighted by Crippen LogP contribution is 2.25. The highest BCUT2D eigenvalue weighted by molar-refractivity contribution is 5.32. The van der Waals surface area contributed by atoms with E-state index in [2.05, 4.69) is 36.5 Å². The lowest BCUT2D eigenvalue weighted by molar-refractivity contribution is 0.202. The molecule has 0 spiro atoms. The monoisotopic (exact) mass is 259 g/mol. The van der Waals surface area contributed by atoms with Gasteiger partial charge in [0.05, 0.1) is 18.9 Å². The Morgan fingerprint density at radius 3 is 2.47 bits per heavy atom. The van der Waals surface area contributed by atoms with Crippen LogP contribution in [0.15, 0.2) is 41.0 Å². The molecule has 2 rings (SSSR count). The number of methoxy groups -OCH3 is 1. The van der Waals surface area contributed by atoms with Crippen molar-refractivity contribution in [3.05, 3.63) is 59.0 Å². The van der Waals surface area contributed by atoms with Crippen LogP contribution in [0.3, 0.4) is 0 Å². The van der Waals surface area contributed by atoms with Gasteiger partial charge in [-0.2, -0.15) is 0 Å². The van der Waals surface area contributed by atoms with Crippen LogP contribution in [-0.2, 0) is 11.2 Å². The topological polar surface area (TPSA) is 34.4 Å². The summed E-state index contributed by atoms with van der Waals surface area (Å²) in [5, 5.41) is 3.31. The minimum absolute atomic E-state index is 0.103. The zero-order valence-electron chi connectivity index (χ0n) is 11.8. The number of nitrogens with one attached hydrogen (secondary N) is 1. The molecule has 0 aliphatic rings. The summed E-state index contributed by atoms with van der Waals surface area (Å²) in [4.78, 5) is 0. The zero-order valence-corrected chi connectivity index (χ0v) is 11.8. The minimum Gasteiger partial charge on any atom is -0.467 e. The standard InChI is InChI=1S/C16H21NO2/c1-12-8-11-19-16(12)15(17-2)14-6-4-13(5-7-14)9-10-18-3/h4-8,11,15,17H,9-10H2,1-3H3. The third-order valence-electron chi connectivity index (χ3n) is 3.36. The maximum Gasteiger partial charge on any atom is 0.128 e. The van der Waals surface area contributed by atoms with Gasteiger partial charge < -0.3 is 14.5 Å². The number of hydrogen-bond acceptors (Lipinski definition) is 3. The van der Waals surface area contributed by atoms with Crippen LogP contribution in [0.25, 0.3) is 0 Å². The predicted octanol–water partition coefficient (Wildman–Crippen LogP) is 3.09. The summed E-state index contributed by atoms with van der Waals surface area (Å²) in [5.74, 6) is 0.979. The number of aryl methyl sites for hydroxylation is 1. The van der Waals surface area contributed by atoms with E-state index in [9.17, 15) is 0 Å². The maximum atomic E-state index is 5.58. The molecule has 0 radical (unpaired) electrons. The fourth-order valence-electron chi connectivity index (χ4n) is 2.23. The Kier molecular flexibility index (Phi) is 4.77. The summed E-state index contributed by atoms with van der Waals surface area (Å²) in [6.07, 6.45) is 2.68. The van der Waals surface area contributed by atoms with Gasteiger partial charge >= 0.3 is 0 Å². The van der Waals surface area contributed by atoms with Crippen molar-refractivity contribution in [1.82, 2.24) is 5.32 Å². The van der Waals surface area contributed by atoms with E-state index in [-0.39, 0.29) is 6.04 Å². The molecule has 1 aromatic heterocycles. The lowest BCUT2D eigenvalue weighted by Crippen LogP contribution is -2.17. The van der Waals surface area contributed by atoms with Gasteiger partial charge in [0.25, 0.3) is 0 Å². The first-order valence-electron chi connectivity index (χ1n) is 6.55. The lowest BCUT2D eigenvalue weighted by Gasteiger charge is -2.15. The molecule has 102 valence electrons. The highest BCUT2D eigenvalue weighted by atomic mass is 16.5. The van der Waals surface area contributed by atoms with Crippen molar-refractivity contribution < 1.29 is 9.15 Å². The summed E-state index contributed by atoms with van der Waals surface area (Å²) in [6.45, 7) is 2.82. The Morgan fingerprint density at radius 1 is 1.21 bits per heavy atom. The summed E-state index contributed by atoms with van der Waals surface area (Å²) in [7, 11) is 3.68. The molecule has 1 N–H and O–H groups in total. The molecule has 0 saturated carbocycles. The minimum atomic E-state index is 0.103. The molecule has 1 unspecified atom stereocenters. The second kappa shape index (κ2) is 6.55. The van der Waals surface area contributed by atoms with Crippen LogP contribution >= 0.6 is 0 Å². The van der Waals surface area contributed by atoms with E-state index < -0.39 is 0 Å². The fourth-order valence-corrected chi connectivity index (χ4v) is 2.23. The van der Waals surface area contributed by atoms with Crippen molar-refractivity contribution in [2.75, 3.05) is 20.8 Å². The quantitative estimate of drug-likeness (QED) is 0.865. The first kappa shape index (κ1) is 13.8. The van der Waals surface area contributed by atoms with Crippen LogP contribution in [0.4, 0.5) is 0 Å². The van der Waals surface area contributed by atoms with Crippen molar-refractivity contribution in [2.45, 2.75) is 19.4 Å². The van der Waals surface area contributed by atoms with Crippen molar-refractivity contribution in [2.24, 2.45) is 0 Å². The molecule has 0 aliphatic heterocycles. The Morgan fingerprint density at radius 2 is 1.95 bits per heavy atom. The first-order valence-corrected chi connectivity index (χ1v) is 6.55. The number of rotatable bonds is 6. The molecule has 1 aromatic carbocycles. The van der Waals surface area contributed by atoms with E-state index >= 15 is 0 Å². The molecular weight excluding hydrogens is 238 g/mol. The van der Waals surface area contributed by atoms with Crippen LogP contribution in [0, 0.1) is 6.92 Å². The maximum absolute atomic E-state index is 5.58. The molecule has 3 heteroatoms. The average Bonchev–Trinajstić information content (AvgIpc) is 2.85. The zero-order chi connectivity index (χ0) is 13.7. The van der Waals surface area contributed by atoms with E-state index in [4.69, 9.17) is 9.15 Å². The van der Waals surface area contributed by atoms with Crippen molar-refractivity contribution >= 4 is 0 Å². The van der Waals surface area contributed by atoms with E-state index in [0.29, 0.717) is 0 Å². The second-order valence-corrected chi connectivity index (χ2v) is 4.67. The number of furan rings is 1. The summed E-state index contributed by atoms with van der Waals surface area (Å²) < 4.78 is 10.7. The molecule has 0 saturated heterocycles. The molecule has 0 fully saturated rings. The number of ether oxygens (including phenoxy) is 1. The van der Waals surface area contributed by atoms with E-state index in [1.165, 1.54) is 16.7 Å². The van der Waals surface area contributed by atoms with Crippen molar-refractivity contribution in [3.8, 4) is 0 Å². The van der Waals surface area contributed by atoms with Gasteiger partial charge in [-0.1, -0.05) is 24.3 Å². The molecule has 1 heterocycles. The Bertz CT molecular complexity index is 502. The number of hydrogen-bond donors (Lipinski definition) is 1. The Labute approximate surface area is 114 Å². The van der Waals surface area contributed by atoms with Gasteiger partial charge in [0, 0.05) is 7.11 Å². The summed E-state index contributed by atoms with van der Waals surface area (Å²) in [6, 6.07) is 10.7. The largest absolute Gasteiger partial charge is 0.467 e. The van der Waals surface area contributed by atoms with Crippen LogP contribution < -0.4 is 5.32 Å². The normalized spacial score (nSPS) is 12.6. The van der Waals surface area contributed by atoms with Gasteiger partial charge in [0.2, 0.25) is 0 Å². The van der Waals surface area contributed by atoms with Crippen LogP contribution in [0.1, 0.15) is 28.5 Å². The number of benzene rings is 1. The van der Waals surface area contributed by atoms with Gasteiger partial charge in [0.15, 0.2) is 0 Å². The van der Waals surface area contributed by atoms with Crippen LogP contribution in [-0.4, -0.2) is 20.8 Å². The molecule has 19 heavy (non-hydrogen) atoms. The SMILES string of the molecule is CNC(c1ccc(CCOC)cc1)c1occc1C. The smallest absolute Gasteiger partial charge is 0.128 e. The molecule has 3 nitrogen and oxygen atoms in total. The van der Waals surface area contributed by atoms with Crippen LogP contribution in [0.2, 0.25) is 0 Å². The van der Waals surface area contributed by atoms with E-state index in [1.54, 1.807) is 13.4 Å². The molecule has 1 atom stereocenters. The second-order valence-electron chi connectivity index (χ2n) is 4.67. The molecule has 0 bridgehead atoms. The summed E-state index contributed by atoms with van der Waals surface area (Å²) >= 11 is 0. The third-order valence-corrected chi connectivity index (χ3v) is 3.36.